The molecule has 0 unspecified atom stereocenters. The van der Waals surface area contributed by atoms with Crippen molar-refractivity contribution in [2.75, 3.05) is 21.2 Å². The van der Waals surface area contributed by atoms with Gasteiger partial charge in [-0.2, -0.15) is 0 Å². The van der Waals surface area contributed by atoms with Crippen LogP contribution in [0.4, 0.5) is 0 Å². The number of methoxy groups -OCH3 is 1. The Bertz CT molecular complexity index is 1380. The molecule has 3 aromatic carbocycles. The largest absolute Gasteiger partial charge is 0.495 e. The van der Waals surface area contributed by atoms with Gasteiger partial charge in [-0.15, -0.1) is 0 Å². The molecule has 0 radical (unpaired) electrons. The molecule has 0 spiro atoms. The summed E-state index contributed by atoms with van der Waals surface area (Å²) in [6.07, 6.45) is 0.505. The Kier molecular flexibility index (Phi) is 6.67. The lowest BCUT2D eigenvalue weighted by molar-refractivity contribution is 0.0934. The summed E-state index contributed by atoms with van der Waals surface area (Å²) in [6.45, 7) is 0. The van der Waals surface area contributed by atoms with Gasteiger partial charge in [-0.05, 0) is 42.3 Å². The fourth-order valence-corrected chi connectivity index (χ4v) is 4.74. The van der Waals surface area contributed by atoms with Crippen molar-refractivity contribution in [3.8, 4) is 5.75 Å². The Balaban J connectivity index is 1.69. The topological polar surface area (TPSA) is 104 Å². The van der Waals surface area contributed by atoms with Gasteiger partial charge >= 0.3 is 0 Å². The van der Waals surface area contributed by atoms with Gasteiger partial charge in [0.25, 0.3) is 5.91 Å². The first-order valence-electron chi connectivity index (χ1n) is 10.7. The third kappa shape index (κ3) is 4.80. The normalized spacial score (nSPS) is 12.6. The van der Waals surface area contributed by atoms with Gasteiger partial charge in [-0.25, -0.2) is 17.7 Å². The lowest BCUT2D eigenvalue weighted by Crippen LogP contribution is -2.31. The molecule has 1 atom stereocenters. The molecule has 4 rings (SSSR count). The fourth-order valence-electron chi connectivity index (χ4n) is 3.66. The zero-order valence-corrected chi connectivity index (χ0v) is 20.0. The van der Waals surface area contributed by atoms with Gasteiger partial charge in [-0.3, -0.25) is 4.79 Å². The molecule has 9 heteroatoms. The number of para-hydroxylation sites is 2. The number of rotatable bonds is 8. The first kappa shape index (κ1) is 23.5. The Morgan fingerprint density at radius 3 is 2.44 bits per heavy atom. The lowest BCUT2D eigenvalue weighted by atomic mass is 10.0. The van der Waals surface area contributed by atoms with Crippen LogP contribution in [0.1, 0.15) is 27.8 Å². The number of H-pyrrole nitrogens is 1. The molecule has 1 heterocycles. The maximum Gasteiger partial charge on any atom is 0.251 e. The van der Waals surface area contributed by atoms with Crippen LogP contribution in [0.2, 0.25) is 0 Å². The number of imidazole rings is 1. The van der Waals surface area contributed by atoms with Crippen LogP contribution in [-0.4, -0.2) is 49.8 Å². The number of aromatic nitrogens is 2. The molecule has 0 aliphatic carbocycles. The van der Waals surface area contributed by atoms with E-state index in [9.17, 15) is 13.2 Å². The summed E-state index contributed by atoms with van der Waals surface area (Å²) in [4.78, 5) is 21.2. The van der Waals surface area contributed by atoms with Gasteiger partial charge in [0.05, 0.1) is 24.2 Å². The fraction of sp³-hybridized carbons (Fsp3) is 0.200. The van der Waals surface area contributed by atoms with Crippen molar-refractivity contribution in [1.82, 2.24) is 19.6 Å². The Labute approximate surface area is 198 Å². The average molecular weight is 479 g/mol. The average Bonchev–Trinajstić information content (AvgIpc) is 3.28. The monoisotopic (exact) mass is 478 g/mol. The molecule has 0 bridgehead atoms. The summed E-state index contributed by atoms with van der Waals surface area (Å²) in [5.74, 6) is 0.371. The molecule has 0 saturated heterocycles. The molecule has 1 aromatic heterocycles. The number of aromatic amines is 1. The molecule has 0 aliphatic heterocycles. The minimum atomic E-state index is -3.81. The van der Waals surface area contributed by atoms with Gasteiger partial charge in [0, 0.05) is 19.7 Å². The lowest BCUT2D eigenvalue weighted by Gasteiger charge is -2.19. The highest BCUT2D eigenvalue weighted by atomic mass is 32.2. The third-order valence-corrected chi connectivity index (χ3v) is 7.35. The minimum absolute atomic E-state index is 0.0732. The van der Waals surface area contributed by atoms with Crippen LogP contribution in [0.3, 0.4) is 0 Å². The summed E-state index contributed by atoms with van der Waals surface area (Å²) in [7, 11) is 0.437. The van der Waals surface area contributed by atoms with E-state index in [0.29, 0.717) is 12.2 Å². The highest BCUT2D eigenvalue weighted by molar-refractivity contribution is 7.89. The number of hydrogen-bond acceptors (Lipinski definition) is 5. The van der Waals surface area contributed by atoms with Crippen molar-refractivity contribution < 1.29 is 17.9 Å². The highest BCUT2D eigenvalue weighted by Gasteiger charge is 2.25. The van der Waals surface area contributed by atoms with Crippen LogP contribution in [0.15, 0.2) is 77.7 Å². The van der Waals surface area contributed by atoms with Crippen LogP contribution in [0.25, 0.3) is 11.0 Å². The molecule has 0 fully saturated rings. The van der Waals surface area contributed by atoms with E-state index in [1.54, 1.807) is 6.07 Å². The number of ether oxygens (including phenoxy) is 1. The zero-order chi connectivity index (χ0) is 24.3. The Hall–Kier alpha value is -3.69. The quantitative estimate of drug-likeness (QED) is 0.403. The molecule has 8 nitrogen and oxygen atoms in total. The van der Waals surface area contributed by atoms with E-state index in [0.717, 1.165) is 20.9 Å². The van der Waals surface area contributed by atoms with E-state index in [4.69, 9.17) is 4.74 Å². The maximum absolute atomic E-state index is 13.3. The van der Waals surface area contributed by atoms with Crippen molar-refractivity contribution in [3.05, 3.63) is 89.7 Å². The first-order valence-corrected chi connectivity index (χ1v) is 12.1. The van der Waals surface area contributed by atoms with Crippen molar-refractivity contribution in [1.29, 1.82) is 0 Å². The number of amides is 1. The Morgan fingerprint density at radius 1 is 1.06 bits per heavy atom. The van der Waals surface area contributed by atoms with Crippen LogP contribution >= 0.6 is 0 Å². The number of fused-ring (bicyclic) bond motifs is 1. The molecule has 0 saturated carbocycles. The van der Waals surface area contributed by atoms with Crippen LogP contribution in [0, 0.1) is 0 Å². The summed E-state index contributed by atoms with van der Waals surface area (Å²) < 4.78 is 31.8. The van der Waals surface area contributed by atoms with Crippen LogP contribution in [0.5, 0.6) is 5.75 Å². The third-order valence-electron chi connectivity index (χ3n) is 5.51. The second-order valence-corrected chi connectivity index (χ2v) is 10.1. The van der Waals surface area contributed by atoms with E-state index < -0.39 is 22.0 Å². The Morgan fingerprint density at radius 2 is 1.76 bits per heavy atom. The van der Waals surface area contributed by atoms with Crippen molar-refractivity contribution in [3.63, 3.8) is 0 Å². The predicted octanol–water partition coefficient (Wildman–Crippen LogP) is 3.54. The summed E-state index contributed by atoms with van der Waals surface area (Å²) in [5, 5.41) is 3.02. The summed E-state index contributed by atoms with van der Waals surface area (Å²) in [5.41, 5.74) is 2.90. The van der Waals surface area contributed by atoms with Crippen LogP contribution < -0.4 is 10.1 Å². The van der Waals surface area contributed by atoms with Gasteiger partial charge in [0.1, 0.15) is 16.5 Å². The van der Waals surface area contributed by atoms with Crippen molar-refractivity contribution in [2.45, 2.75) is 17.4 Å². The number of nitrogens with one attached hydrogen (secondary N) is 2. The predicted molar refractivity (Wildman–Crippen MR) is 130 cm³/mol. The molecule has 2 N–H and O–H groups in total. The van der Waals surface area contributed by atoms with Crippen molar-refractivity contribution >= 4 is 27.0 Å². The maximum atomic E-state index is 13.3. The molecule has 1 amide bonds. The van der Waals surface area contributed by atoms with Crippen molar-refractivity contribution in [2.24, 2.45) is 0 Å². The van der Waals surface area contributed by atoms with Gasteiger partial charge in [0.2, 0.25) is 10.0 Å². The smallest absolute Gasteiger partial charge is 0.251 e. The van der Waals surface area contributed by atoms with Gasteiger partial charge in [-0.1, -0.05) is 42.5 Å². The molecular weight excluding hydrogens is 452 g/mol. The molecule has 34 heavy (non-hydrogen) atoms. The second-order valence-electron chi connectivity index (χ2n) is 8.01. The standard InChI is InChI=1S/C25H26N4O4S/c1-29(2)34(31,32)23-16-18(13-14-22(23)33-3)25(30)28-21(15-17-9-5-4-6-10-17)24-26-19-11-7-8-12-20(19)27-24/h4-14,16,21H,15H2,1-3H3,(H,26,27)(H,28,30)/t21-/m0/s1. The van der Waals surface area contributed by atoms with E-state index in [-0.39, 0.29) is 16.2 Å². The number of nitrogens with zero attached hydrogens (tertiary/aromatic N) is 2. The van der Waals surface area contributed by atoms with Gasteiger partial charge < -0.3 is 15.0 Å². The summed E-state index contributed by atoms with van der Waals surface area (Å²) >= 11 is 0. The van der Waals surface area contributed by atoms with Gasteiger partial charge in [0.15, 0.2) is 0 Å². The number of sulfonamides is 1. The van der Waals surface area contributed by atoms with E-state index in [1.807, 2.05) is 54.6 Å². The van der Waals surface area contributed by atoms with Crippen LogP contribution in [-0.2, 0) is 16.4 Å². The van der Waals surface area contributed by atoms with E-state index in [2.05, 4.69) is 15.3 Å². The second kappa shape index (κ2) is 9.66. The summed E-state index contributed by atoms with van der Waals surface area (Å²) in [6, 6.07) is 21.3. The molecule has 176 valence electrons. The van der Waals surface area contributed by atoms with E-state index >= 15 is 0 Å². The number of carbonyl (C=O) groups is 1. The molecule has 4 aromatic rings. The minimum Gasteiger partial charge on any atom is -0.495 e. The number of carbonyl (C=O) groups excluding carboxylic acids is 1. The number of benzene rings is 3. The first-order chi connectivity index (χ1) is 16.3. The highest BCUT2D eigenvalue weighted by Crippen LogP contribution is 2.27. The molecule has 0 aliphatic rings. The molecular formula is C25H26N4O4S. The van der Waals surface area contributed by atoms with E-state index in [1.165, 1.54) is 33.3 Å². The zero-order valence-electron chi connectivity index (χ0n) is 19.1. The number of hydrogen-bond donors (Lipinski definition) is 2. The SMILES string of the molecule is COc1ccc(C(=O)N[C@@H](Cc2ccccc2)c2nc3ccccc3[nH]2)cc1S(=O)(=O)N(C)C.